The fourth-order valence-electron chi connectivity index (χ4n) is 3.13. The van der Waals surface area contributed by atoms with Crippen molar-refractivity contribution in [2.24, 2.45) is 5.41 Å². The van der Waals surface area contributed by atoms with E-state index in [0.717, 1.165) is 61.4 Å². The lowest BCUT2D eigenvalue weighted by molar-refractivity contribution is -0.191. The molecule has 1 aliphatic rings. The molecule has 0 aliphatic carbocycles. The van der Waals surface area contributed by atoms with Crippen LogP contribution < -0.4 is 0 Å². The Bertz CT molecular complexity index is 683. The van der Waals surface area contributed by atoms with Gasteiger partial charge in [-0.15, -0.1) is 0 Å². The first-order chi connectivity index (χ1) is 12.6. The van der Waals surface area contributed by atoms with Crippen LogP contribution in [0, 0.1) is 5.41 Å². The van der Waals surface area contributed by atoms with Crippen LogP contribution in [-0.2, 0) is 23.8 Å². The maximum atomic E-state index is 11.2. The second-order valence-corrected chi connectivity index (χ2v) is 10.6. The molecule has 2 rings (SSSR count). The summed E-state index contributed by atoms with van der Waals surface area (Å²) < 4.78 is 40.5. The molecular formula is C20H31BrO5S. The highest BCUT2D eigenvalue weighted by Crippen LogP contribution is 2.32. The van der Waals surface area contributed by atoms with Crippen LogP contribution in [0.1, 0.15) is 64.0 Å². The average Bonchev–Trinajstić information content (AvgIpc) is 2.60. The van der Waals surface area contributed by atoms with Crippen LogP contribution in [0.15, 0.2) is 28.7 Å². The van der Waals surface area contributed by atoms with Gasteiger partial charge in [0.1, 0.15) is 0 Å². The van der Waals surface area contributed by atoms with Crippen LogP contribution in [0.5, 0.6) is 0 Å². The third-order valence-corrected chi connectivity index (χ3v) is 5.70. The van der Waals surface area contributed by atoms with Crippen molar-refractivity contribution in [3.8, 4) is 0 Å². The van der Waals surface area contributed by atoms with E-state index in [4.69, 9.17) is 13.7 Å². The molecule has 27 heavy (non-hydrogen) atoms. The van der Waals surface area contributed by atoms with Gasteiger partial charge in [0, 0.05) is 11.1 Å². The fraction of sp³-hybridized carbons (Fsp3) is 0.700. The van der Waals surface area contributed by atoms with Gasteiger partial charge in [-0.25, -0.2) is 0 Å². The number of hydrogen-bond donors (Lipinski definition) is 0. The number of halogens is 1. The van der Waals surface area contributed by atoms with Crippen molar-refractivity contribution in [2.75, 3.05) is 19.5 Å². The van der Waals surface area contributed by atoms with E-state index < -0.39 is 10.1 Å². The lowest BCUT2D eigenvalue weighted by atomic mass is 9.87. The Morgan fingerprint density at radius 2 is 2.11 bits per heavy atom. The minimum atomic E-state index is -3.41. The second kappa shape index (κ2) is 10.3. The zero-order valence-electron chi connectivity index (χ0n) is 16.4. The predicted molar refractivity (Wildman–Crippen MR) is 110 cm³/mol. The minimum Gasteiger partial charge on any atom is -0.353 e. The van der Waals surface area contributed by atoms with Gasteiger partial charge in [-0.1, -0.05) is 41.9 Å². The molecule has 1 heterocycles. The van der Waals surface area contributed by atoms with Crippen molar-refractivity contribution < 1.29 is 22.1 Å². The molecule has 0 radical (unpaired) electrons. The zero-order valence-corrected chi connectivity index (χ0v) is 18.9. The van der Waals surface area contributed by atoms with Crippen LogP contribution in [0.3, 0.4) is 0 Å². The Balaban J connectivity index is 1.94. The van der Waals surface area contributed by atoms with Crippen molar-refractivity contribution in [2.45, 2.75) is 64.8 Å². The Kier molecular flexibility index (Phi) is 8.74. The highest BCUT2D eigenvalue weighted by atomic mass is 79.9. The van der Waals surface area contributed by atoms with Crippen LogP contribution in [-0.4, -0.2) is 34.2 Å². The molecule has 1 saturated heterocycles. The molecule has 5 nitrogen and oxygen atoms in total. The van der Waals surface area contributed by atoms with E-state index in [1.807, 2.05) is 26.0 Å². The summed E-state index contributed by atoms with van der Waals surface area (Å²) in [5, 5.41) is 0. The van der Waals surface area contributed by atoms with E-state index in [9.17, 15) is 8.42 Å². The molecule has 0 N–H and O–H groups in total. The van der Waals surface area contributed by atoms with Crippen LogP contribution in [0.2, 0.25) is 0 Å². The van der Waals surface area contributed by atoms with Crippen LogP contribution in [0.4, 0.5) is 0 Å². The van der Waals surface area contributed by atoms with Gasteiger partial charge in [-0.2, -0.15) is 8.42 Å². The molecule has 0 amide bonds. The second-order valence-electron chi connectivity index (χ2n) is 8.00. The predicted octanol–water partition coefficient (Wildman–Crippen LogP) is 5.21. The summed E-state index contributed by atoms with van der Waals surface area (Å²) in [4.78, 5) is 0. The molecule has 1 fully saturated rings. The zero-order chi connectivity index (χ0) is 19.9. The largest absolute Gasteiger partial charge is 0.353 e. The topological polar surface area (TPSA) is 61.8 Å². The molecular weight excluding hydrogens is 432 g/mol. The molecule has 1 aliphatic heterocycles. The lowest BCUT2D eigenvalue weighted by Crippen LogP contribution is -2.25. The van der Waals surface area contributed by atoms with Crippen molar-refractivity contribution in [1.29, 1.82) is 0 Å². The highest BCUT2D eigenvalue weighted by Gasteiger charge is 2.24. The molecule has 1 aromatic rings. The third kappa shape index (κ3) is 9.05. The maximum absolute atomic E-state index is 11.2. The van der Waals surface area contributed by atoms with Gasteiger partial charge in [0.25, 0.3) is 10.1 Å². The van der Waals surface area contributed by atoms with E-state index in [0.29, 0.717) is 0 Å². The smallest absolute Gasteiger partial charge is 0.264 e. The Morgan fingerprint density at radius 1 is 1.33 bits per heavy atom. The first-order valence-corrected chi connectivity index (χ1v) is 12.1. The summed E-state index contributed by atoms with van der Waals surface area (Å²) >= 11 is 3.53. The summed E-state index contributed by atoms with van der Waals surface area (Å²) in [6, 6.07) is 8.19. The summed E-state index contributed by atoms with van der Waals surface area (Å²) in [6.45, 7) is 5.00. The summed E-state index contributed by atoms with van der Waals surface area (Å²) in [6.07, 6.45) is 6.65. The number of benzene rings is 1. The third-order valence-electron chi connectivity index (χ3n) is 4.66. The minimum absolute atomic E-state index is 0.0442. The number of ether oxygens (including phenoxy) is 2. The molecule has 0 bridgehead atoms. The van der Waals surface area contributed by atoms with Gasteiger partial charge in [-0.3, -0.25) is 4.18 Å². The van der Waals surface area contributed by atoms with Crippen molar-refractivity contribution in [3.63, 3.8) is 0 Å². The Labute approximate surface area is 172 Å². The van der Waals surface area contributed by atoms with Gasteiger partial charge >= 0.3 is 0 Å². The summed E-state index contributed by atoms with van der Waals surface area (Å²) in [5.41, 5.74) is 0.912. The van der Waals surface area contributed by atoms with E-state index in [1.165, 1.54) is 0 Å². The first kappa shape index (κ1) is 22.8. The summed E-state index contributed by atoms with van der Waals surface area (Å²) in [7, 11) is -3.41. The quantitative estimate of drug-likeness (QED) is 0.446. The fourth-order valence-corrected chi connectivity index (χ4v) is 4.08. The van der Waals surface area contributed by atoms with Crippen molar-refractivity contribution in [1.82, 2.24) is 0 Å². The Morgan fingerprint density at radius 3 is 2.74 bits per heavy atom. The number of hydrogen-bond acceptors (Lipinski definition) is 5. The van der Waals surface area contributed by atoms with E-state index in [1.54, 1.807) is 0 Å². The van der Waals surface area contributed by atoms with E-state index in [-0.39, 0.29) is 24.4 Å². The highest BCUT2D eigenvalue weighted by molar-refractivity contribution is 9.10. The Hall–Kier alpha value is -0.470. The molecule has 2 atom stereocenters. The lowest BCUT2D eigenvalue weighted by Gasteiger charge is -2.29. The molecule has 7 heteroatoms. The van der Waals surface area contributed by atoms with Crippen molar-refractivity contribution in [3.05, 3.63) is 34.3 Å². The average molecular weight is 463 g/mol. The van der Waals surface area contributed by atoms with Gasteiger partial charge in [0.05, 0.1) is 19.0 Å². The number of rotatable bonds is 10. The van der Waals surface area contributed by atoms with E-state index >= 15 is 0 Å². The van der Waals surface area contributed by atoms with Crippen LogP contribution >= 0.6 is 15.9 Å². The molecule has 154 valence electrons. The van der Waals surface area contributed by atoms with Gasteiger partial charge < -0.3 is 9.47 Å². The molecule has 0 saturated carbocycles. The van der Waals surface area contributed by atoms with Gasteiger partial charge in [-0.05, 0) is 61.6 Å². The molecule has 0 spiro atoms. The van der Waals surface area contributed by atoms with Gasteiger partial charge in [0.2, 0.25) is 0 Å². The molecule has 2 unspecified atom stereocenters. The van der Waals surface area contributed by atoms with Crippen LogP contribution in [0.25, 0.3) is 0 Å². The molecule has 0 aromatic heterocycles. The van der Waals surface area contributed by atoms with E-state index in [2.05, 4.69) is 28.1 Å². The standard InChI is InChI=1S/C20H31BrO5S/c1-20(2,15-25-27(3,22)23)12-7-10-18(16-8-6-9-17(21)14-16)26-19-11-4-5-13-24-19/h6,8-9,14,18-19H,4-5,7,10-13,15H2,1-3H3. The monoisotopic (exact) mass is 462 g/mol. The summed E-state index contributed by atoms with van der Waals surface area (Å²) in [5.74, 6) is 0. The first-order valence-electron chi connectivity index (χ1n) is 9.52. The molecule has 1 aromatic carbocycles. The maximum Gasteiger partial charge on any atom is 0.264 e. The SMILES string of the molecule is CC(C)(CCCC(OC1CCCCO1)c1cccc(Br)c1)COS(C)(=O)=O. The normalized spacial score (nSPS) is 19.8. The van der Waals surface area contributed by atoms with Gasteiger partial charge in [0.15, 0.2) is 6.29 Å². The van der Waals surface area contributed by atoms with Crippen molar-refractivity contribution >= 4 is 26.0 Å².